The van der Waals surface area contributed by atoms with E-state index >= 15 is 0 Å². The van der Waals surface area contributed by atoms with Gasteiger partial charge in [-0.15, -0.1) is 0 Å². The Kier molecular flexibility index (Phi) is 19.8. The molecule has 4 amide bonds. The summed E-state index contributed by atoms with van der Waals surface area (Å²) in [4.78, 5) is 73.5. The van der Waals surface area contributed by atoms with Crippen LogP contribution in [0.1, 0.15) is 96.1 Å². The van der Waals surface area contributed by atoms with Gasteiger partial charge in [-0.25, -0.2) is 19.4 Å². The maximum atomic E-state index is 14.3. The van der Waals surface area contributed by atoms with Gasteiger partial charge in [0.2, 0.25) is 0 Å². The highest BCUT2D eigenvalue weighted by molar-refractivity contribution is 7.08. The molecular weight excluding hydrogens is 1080 g/mol. The summed E-state index contributed by atoms with van der Waals surface area (Å²) >= 11 is 3.20. The lowest BCUT2D eigenvalue weighted by Gasteiger charge is -2.42. The molecule has 22 heteroatoms. The summed E-state index contributed by atoms with van der Waals surface area (Å²) in [6.07, 6.45) is 9.16. The highest BCUT2D eigenvalue weighted by atomic mass is 32.1. The summed E-state index contributed by atoms with van der Waals surface area (Å²) in [6.45, 7) is 9.19. The molecule has 0 saturated carbocycles. The molecule has 6 aliphatic rings. The lowest BCUT2D eigenvalue weighted by Crippen LogP contribution is -2.57. The average molecular weight is 1150 g/mol. The van der Waals surface area contributed by atoms with Crippen molar-refractivity contribution >= 4 is 75.2 Å². The molecule has 8 heterocycles. The Bertz CT molecular complexity index is 2950. The quantitative estimate of drug-likeness (QED) is 0.0451. The van der Waals surface area contributed by atoms with Gasteiger partial charge in [-0.05, 0) is 126 Å². The molecule has 432 valence electrons. The fourth-order valence-corrected chi connectivity index (χ4v) is 12.0. The van der Waals surface area contributed by atoms with E-state index in [1.54, 1.807) is 44.6 Å². The zero-order chi connectivity index (χ0) is 57.0. The van der Waals surface area contributed by atoms with Crippen LogP contribution in [0, 0.1) is 0 Å². The van der Waals surface area contributed by atoms with Gasteiger partial charge in [-0.1, -0.05) is 37.5 Å². The van der Waals surface area contributed by atoms with Gasteiger partial charge in [0.1, 0.15) is 13.2 Å². The number of anilines is 2. The van der Waals surface area contributed by atoms with Crippen molar-refractivity contribution in [2.75, 3.05) is 77.3 Å². The number of methoxy groups -OCH3 is 3. The second-order valence-corrected chi connectivity index (χ2v) is 21.2. The number of aromatic hydroxyl groups is 1. The number of carbonyl (C=O) groups excluding carboxylic acids is 5. The number of hydrogen-bond acceptors (Lipinski definition) is 18. The summed E-state index contributed by atoms with van der Waals surface area (Å²) < 4.78 is 57.7. The molecule has 2 aromatic heterocycles. The molecule has 0 radical (unpaired) electrons. The minimum Gasteiger partial charge on any atom is -0.504 e. The number of esters is 1. The first kappa shape index (κ1) is 58.4. The van der Waals surface area contributed by atoms with Crippen molar-refractivity contribution in [2.45, 2.75) is 101 Å². The van der Waals surface area contributed by atoms with Crippen LogP contribution in [-0.2, 0) is 38.0 Å². The third-order valence-corrected chi connectivity index (χ3v) is 16.0. The van der Waals surface area contributed by atoms with E-state index in [0.717, 1.165) is 48.0 Å². The Balaban J connectivity index is 0.000000198. The Labute approximate surface area is 478 Å². The first-order valence-corrected chi connectivity index (χ1v) is 28.9. The number of nitrogens with zero attached hydrogens (tertiary/aromatic N) is 4. The molecule has 1 N–H and O–H groups in total. The fraction of sp³-hybridized carbons (Fsp3) is 0.441. The van der Waals surface area contributed by atoms with Crippen molar-refractivity contribution in [3.8, 4) is 23.0 Å². The zero-order valence-corrected chi connectivity index (χ0v) is 47.3. The number of ether oxygens (including phenoxy) is 10. The van der Waals surface area contributed by atoms with Crippen LogP contribution >= 0.6 is 22.7 Å². The summed E-state index contributed by atoms with van der Waals surface area (Å²) in [5, 5.41) is 18.8. The predicted molar refractivity (Wildman–Crippen MR) is 303 cm³/mol. The lowest BCUT2D eigenvalue weighted by molar-refractivity contribution is -0.197. The zero-order valence-electron chi connectivity index (χ0n) is 45.7. The largest absolute Gasteiger partial charge is 0.504 e. The Morgan fingerprint density at radius 2 is 1.20 bits per heavy atom. The summed E-state index contributed by atoms with van der Waals surface area (Å²) in [5.74, 6) is -0.386. The van der Waals surface area contributed by atoms with Crippen LogP contribution in [-0.4, -0.2) is 149 Å². The third kappa shape index (κ3) is 13.3. The van der Waals surface area contributed by atoms with Gasteiger partial charge in [-0.3, -0.25) is 14.4 Å². The Hall–Kier alpha value is -7.21. The van der Waals surface area contributed by atoms with Gasteiger partial charge in [0.15, 0.2) is 48.0 Å². The van der Waals surface area contributed by atoms with Crippen LogP contribution < -0.4 is 24.0 Å². The molecule has 20 nitrogen and oxygen atoms in total. The highest BCUT2D eigenvalue weighted by Gasteiger charge is 2.49. The molecule has 0 bridgehead atoms. The van der Waals surface area contributed by atoms with E-state index in [0.29, 0.717) is 69.9 Å². The van der Waals surface area contributed by atoms with Crippen LogP contribution in [0.15, 0.2) is 95.4 Å². The van der Waals surface area contributed by atoms with E-state index < -0.39 is 49.3 Å². The summed E-state index contributed by atoms with van der Waals surface area (Å²) in [7, 11) is 4.22. The van der Waals surface area contributed by atoms with Crippen molar-refractivity contribution < 1.29 is 76.4 Å². The molecule has 2 fully saturated rings. The number of carbonyl (C=O) groups is 5. The van der Waals surface area contributed by atoms with Crippen molar-refractivity contribution in [1.29, 1.82) is 0 Å². The number of amides is 4. The van der Waals surface area contributed by atoms with Gasteiger partial charge in [0, 0.05) is 44.9 Å². The molecule has 4 aromatic rings. The fourth-order valence-electron chi connectivity index (χ4n) is 10.6. The van der Waals surface area contributed by atoms with Gasteiger partial charge < -0.3 is 62.3 Å². The summed E-state index contributed by atoms with van der Waals surface area (Å²) in [5.41, 5.74) is 5.18. The van der Waals surface area contributed by atoms with Crippen LogP contribution in [0.4, 0.5) is 21.0 Å². The van der Waals surface area contributed by atoms with E-state index in [4.69, 9.17) is 47.4 Å². The van der Waals surface area contributed by atoms with E-state index in [1.807, 2.05) is 35.0 Å². The van der Waals surface area contributed by atoms with Crippen molar-refractivity contribution in [2.24, 2.45) is 0 Å². The average Bonchev–Trinajstić information content (AvgIpc) is 4.42. The first-order valence-electron chi connectivity index (χ1n) is 27.0. The van der Waals surface area contributed by atoms with Crippen LogP contribution in [0.2, 0.25) is 0 Å². The van der Waals surface area contributed by atoms with Crippen molar-refractivity contribution in [3.63, 3.8) is 0 Å². The SMILES string of the molecule is C=CCOC(=O)N1c2cc(O)c(OC)cc2C(=O)N2CC=C(c3ccsc3)C[C@H]2C1OC1CCCCO1.C=CCOC(=O)N1c2cc(OCCCC(=O)OC)c(OC)cc2C(=O)N2CC=C(c3ccsc3)C[C@H]2C1OC1CCCCO1. The smallest absolute Gasteiger partial charge is 0.416 e. The van der Waals surface area contributed by atoms with Crippen LogP contribution in [0.3, 0.4) is 0 Å². The molecule has 6 aliphatic heterocycles. The molecule has 0 aliphatic carbocycles. The van der Waals surface area contributed by atoms with E-state index in [-0.39, 0.29) is 78.0 Å². The lowest BCUT2D eigenvalue weighted by atomic mass is 9.94. The second kappa shape index (κ2) is 27.5. The summed E-state index contributed by atoms with van der Waals surface area (Å²) in [6, 6.07) is 8.99. The van der Waals surface area contributed by atoms with E-state index in [9.17, 15) is 29.1 Å². The molecule has 2 aromatic carbocycles. The Morgan fingerprint density at radius 3 is 1.64 bits per heavy atom. The monoisotopic (exact) mass is 1150 g/mol. The molecule has 81 heavy (non-hydrogen) atoms. The second-order valence-electron chi connectivity index (χ2n) is 19.6. The minimum atomic E-state index is -0.941. The number of phenolic OH excluding ortho intramolecular Hbond substituents is 1. The van der Waals surface area contributed by atoms with Crippen molar-refractivity contribution in [3.05, 3.63) is 118 Å². The normalized spacial score (nSPS) is 22.3. The van der Waals surface area contributed by atoms with Crippen molar-refractivity contribution in [1.82, 2.24) is 9.80 Å². The maximum absolute atomic E-state index is 14.3. The number of rotatable bonds is 17. The Morgan fingerprint density at radius 1 is 0.691 bits per heavy atom. The number of phenols is 1. The van der Waals surface area contributed by atoms with Gasteiger partial charge in [0.05, 0.1) is 62.5 Å². The minimum absolute atomic E-state index is 0.0260. The third-order valence-electron chi connectivity index (χ3n) is 14.7. The van der Waals surface area contributed by atoms with E-state index in [2.05, 4.69) is 23.9 Å². The first-order chi connectivity index (χ1) is 39.5. The number of thiophene rings is 2. The number of benzene rings is 2. The van der Waals surface area contributed by atoms with Gasteiger partial charge in [0.25, 0.3) is 11.8 Å². The number of fused-ring (bicyclic) bond motifs is 4. The van der Waals surface area contributed by atoms with Gasteiger partial charge in [-0.2, -0.15) is 22.7 Å². The standard InChI is InChI=1S/C32H38N2O9S.C27H30N2O7S/c1-4-13-42-32(37)34-24-19-27(40-15-7-8-28(35)39-3)26(38-2)18-23(24)30(36)33-12-10-21(22-11-16-44-20-22)17-25(33)31(34)43-29-9-5-6-14-41-29;1-3-10-35-27(32)29-20-15-22(30)23(33-2)14-19(20)25(31)28-9-7-17(18-8-12-37-16-18)13-21(28)26(29)36-24-6-4-5-11-34-24/h4,10-11,16,18-20,25,29,31H,1,5-9,12-15,17H2,2-3H3;3,7-8,12,14-16,21,24,26,30H,1,4-6,9-11,13H2,2H3/t25-,29?,31?;21-,24?,26?/m00/s1. The molecule has 0 spiro atoms. The molecule has 6 atom stereocenters. The molecule has 2 saturated heterocycles. The molecular formula is C59H68N4O16S2. The molecule has 10 rings (SSSR count). The highest BCUT2D eigenvalue weighted by Crippen LogP contribution is 2.45. The van der Waals surface area contributed by atoms with Gasteiger partial charge >= 0.3 is 18.2 Å². The molecule has 4 unspecified atom stereocenters. The predicted octanol–water partition coefficient (Wildman–Crippen LogP) is 10.2. The number of hydrogen-bond donors (Lipinski definition) is 1. The van der Waals surface area contributed by atoms with Crippen LogP contribution in [0.5, 0.6) is 23.0 Å². The maximum Gasteiger partial charge on any atom is 0.416 e. The topological polar surface area (TPSA) is 211 Å². The van der Waals surface area contributed by atoms with E-state index in [1.165, 1.54) is 55.4 Å². The van der Waals surface area contributed by atoms with Crippen LogP contribution in [0.25, 0.3) is 11.1 Å².